The number of ketones is 1. The molecule has 1 saturated heterocycles. The van der Waals surface area contributed by atoms with Gasteiger partial charge in [-0.25, -0.2) is 13.4 Å². The van der Waals surface area contributed by atoms with Crippen LogP contribution < -0.4 is 4.90 Å². The summed E-state index contributed by atoms with van der Waals surface area (Å²) in [6.45, 7) is 4.04. The van der Waals surface area contributed by atoms with Crippen LogP contribution in [0.5, 0.6) is 0 Å². The van der Waals surface area contributed by atoms with Gasteiger partial charge in [-0.15, -0.1) is 0 Å². The molecule has 0 spiro atoms. The quantitative estimate of drug-likeness (QED) is 0.0830. The largest absolute Gasteiger partial charge is 0.507 e. The Bertz CT molecular complexity index is 1850. The van der Waals surface area contributed by atoms with Gasteiger partial charge in [0.25, 0.3) is 11.5 Å². The average Bonchev–Trinajstić information content (AvgIpc) is 3.56. The number of aliphatic hydroxyl groups excluding tert-OH is 1. The van der Waals surface area contributed by atoms with Crippen molar-refractivity contribution in [3.8, 4) is 0 Å². The molecule has 2 heterocycles. The molecule has 13 heteroatoms. The fourth-order valence-electron chi connectivity index (χ4n) is 4.52. The number of aliphatic hydroxyl groups is 1. The van der Waals surface area contributed by atoms with Crippen LogP contribution in [0, 0.1) is 10.1 Å². The highest BCUT2D eigenvalue weighted by Gasteiger charge is 2.48. The van der Waals surface area contributed by atoms with E-state index in [1.165, 1.54) is 24.3 Å². The predicted molar refractivity (Wildman–Crippen MR) is 157 cm³/mol. The number of halogens is 1. The molecule has 0 radical (unpaired) electrons. The first-order chi connectivity index (χ1) is 19.9. The standard InChI is InChI=1S/C29H22ClN3O7S2/c1-16(2)17-3-5-18(6-4-17)25-24(26(34)19-7-9-20(30)10-8-19)27(35)28(36)32(25)29-31-15-23(41-29)42(39,40)22-13-11-21(12-14-22)33(37)38/h3-16,25,34H,1-2H3/t25-/m1/s1. The molecule has 10 nitrogen and oxygen atoms in total. The van der Waals surface area contributed by atoms with Crippen LogP contribution in [0.25, 0.3) is 5.76 Å². The lowest BCUT2D eigenvalue weighted by Crippen LogP contribution is -2.29. The minimum absolute atomic E-state index is 0.0781. The van der Waals surface area contributed by atoms with Crippen LogP contribution in [-0.4, -0.2) is 35.1 Å². The number of nitro groups is 1. The highest BCUT2D eigenvalue weighted by Crippen LogP contribution is 2.44. The molecule has 42 heavy (non-hydrogen) atoms. The number of Topliss-reactive ketones (excluding diaryl/α,β-unsaturated/α-hetero) is 1. The Kier molecular flexibility index (Phi) is 7.71. The zero-order valence-corrected chi connectivity index (χ0v) is 24.5. The number of benzene rings is 3. The zero-order valence-electron chi connectivity index (χ0n) is 22.1. The normalized spacial score (nSPS) is 16.8. The van der Waals surface area contributed by atoms with Crippen LogP contribution in [0.1, 0.15) is 42.5 Å². The molecule has 1 amide bonds. The van der Waals surface area contributed by atoms with Crippen molar-refractivity contribution >= 4 is 61.0 Å². The highest BCUT2D eigenvalue weighted by atomic mass is 35.5. The van der Waals surface area contributed by atoms with Crippen LogP contribution in [0.2, 0.25) is 5.02 Å². The maximum atomic E-state index is 13.5. The monoisotopic (exact) mass is 623 g/mol. The van der Waals surface area contributed by atoms with Gasteiger partial charge in [0.1, 0.15) is 9.97 Å². The number of thiazole rings is 1. The van der Waals surface area contributed by atoms with Gasteiger partial charge in [0, 0.05) is 22.7 Å². The van der Waals surface area contributed by atoms with Crippen LogP contribution in [0.4, 0.5) is 10.8 Å². The average molecular weight is 624 g/mol. The Balaban J connectivity index is 1.62. The number of hydrogen-bond donors (Lipinski definition) is 1. The summed E-state index contributed by atoms with van der Waals surface area (Å²) in [5.74, 6) is -2.15. The Morgan fingerprint density at radius 3 is 2.21 bits per heavy atom. The highest BCUT2D eigenvalue weighted by molar-refractivity contribution is 7.93. The fraction of sp³-hybridized carbons (Fsp3) is 0.138. The molecule has 3 aromatic carbocycles. The van der Waals surface area contributed by atoms with E-state index >= 15 is 0 Å². The van der Waals surface area contributed by atoms with E-state index in [-0.39, 0.29) is 37.0 Å². The van der Waals surface area contributed by atoms with Gasteiger partial charge in [-0.1, -0.05) is 61.1 Å². The SMILES string of the molecule is CC(C)c1ccc([C@@H]2C(=C(O)c3ccc(Cl)cc3)C(=O)C(=O)N2c2ncc(S(=O)(=O)c3ccc([N+](=O)[O-])cc3)s2)cc1. The van der Waals surface area contributed by atoms with E-state index in [9.17, 15) is 33.2 Å². The van der Waals surface area contributed by atoms with E-state index < -0.39 is 38.3 Å². The molecule has 1 aliphatic rings. The van der Waals surface area contributed by atoms with Crippen molar-refractivity contribution in [1.82, 2.24) is 4.98 Å². The molecule has 0 unspecified atom stereocenters. The number of nitro benzene ring substituents is 1. The van der Waals surface area contributed by atoms with E-state index in [4.69, 9.17) is 11.6 Å². The zero-order chi connectivity index (χ0) is 30.3. The number of rotatable bonds is 7. The molecular weight excluding hydrogens is 602 g/mol. The summed E-state index contributed by atoms with van der Waals surface area (Å²) >= 11 is 6.65. The first-order valence-electron chi connectivity index (χ1n) is 12.5. The van der Waals surface area contributed by atoms with E-state index in [0.717, 1.165) is 40.9 Å². The summed E-state index contributed by atoms with van der Waals surface area (Å²) < 4.78 is 26.4. The Hall–Kier alpha value is -4.39. The Morgan fingerprint density at radius 2 is 1.64 bits per heavy atom. The summed E-state index contributed by atoms with van der Waals surface area (Å²) in [4.78, 5) is 42.3. The molecule has 1 fully saturated rings. The van der Waals surface area contributed by atoms with E-state index in [0.29, 0.717) is 21.9 Å². The summed E-state index contributed by atoms with van der Waals surface area (Å²) in [6, 6.07) is 16.6. The van der Waals surface area contributed by atoms with Gasteiger partial charge < -0.3 is 5.11 Å². The maximum absolute atomic E-state index is 13.5. The number of nitrogens with zero attached hydrogens (tertiary/aromatic N) is 3. The van der Waals surface area contributed by atoms with Gasteiger partial charge in [-0.2, -0.15) is 0 Å². The van der Waals surface area contributed by atoms with E-state index in [1.54, 1.807) is 12.1 Å². The lowest BCUT2D eigenvalue weighted by molar-refractivity contribution is -0.384. The number of anilines is 1. The van der Waals surface area contributed by atoms with Gasteiger partial charge in [0.2, 0.25) is 9.84 Å². The van der Waals surface area contributed by atoms with Gasteiger partial charge in [-0.05, 0) is 53.4 Å². The Morgan fingerprint density at radius 1 is 1.02 bits per heavy atom. The van der Waals surface area contributed by atoms with Crippen molar-refractivity contribution in [1.29, 1.82) is 0 Å². The van der Waals surface area contributed by atoms with Crippen molar-refractivity contribution < 1.29 is 28.0 Å². The molecule has 1 aliphatic heterocycles. The molecule has 0 saturated carbocycles. The molecule has 1 aromatic heterocycles. The first kappa shape index (κ1) is 29.1. The van der Waals surface area contributed by atoms with Crippen molar-refractivity contribution in [3.05, 3.63) is 116 Å². The fourth-order valence-corrected chi connectivity index (χ4v) is 7.19. The number of hydrogen-bond acceptors (Lipinski definition) is 9. The molecule has 5 rings (SSSR count). The molecule has 214 valence electrons. The lowest BCUT2D eigenvalue weighted by atomic mass is 9.93. The Labute approximate surface area is 249 Å². The van der Waals surface area contributed by atoms with Crippen molar-refractivity contribution in [3.63, 3.8) is 0 Å². The van der Waals surface area contributed by atoms with E-state index in [2.05, 4.69) is 4.98 Å². The van der Waals surface area contributed by atoms with Crippen LogP contribution in [0.3, 0.4) is 0 Å². The number of carbonyl (C=O) groups is 2. The minimum atomic E-state index is -4.16. The molecular formula is C29H22ClN3O7S2. The third-order valence-electron chi connectivity index (χ3n) is 6.78. The number of sulfone groups is 1. The van der Waals surface area contributed by atoms with Gasteiger partial charge >= 0.3 is 5.91 Å². The van der Waals surface area contributed by atoms with E-state index in [1.807, 2.05) is 26.0 Å². The smallest absolute Gasteiger partial charge is 0.301 e. The third-order valence-corrected chi connectivity index (χ3v) is 10.3. The van der Waals surface area contributed by atoms with Crippen molar-refractivity contribution in [2.75, 3.05) is 4.90 Å². The summed E-state index contributed by atoms with van der Waals surface area (Å²) in [7, 11) is -4.16. The second-order valence-electron chi connectivity index (χ2n) is 9.71. The van der Waals surface area contributed by atoms with Crippen LogP contribution >= 0.6 is 22.9 Å². The number of non-ortho nitro benzene ring substituents is 1. The second kappa shape index (κ2) is 11.1. The van der Waals surface area contributed by atoms with Gasteiger partial charge in [0.05, 0.1) is 27.6 Å². The second-order valence-corrected chi connectivity index (χ2v) is 13.3. The third kappa shape index (κ3) is 5.20. The molecule has 1 N–H and O–H groups in total. The minimum Gasteiger partial charge on any atom is -0.507 e. The molecule has 0 bridgehead atoms. The summed E-state index contributed by atoms with van der Waals surface area (Å²) in [5.41, 5.74) is 1.32. The lowest BCUT2D eigenvalue weighted by Gasteiger charge is -2.23. The van der Waals surface area contributed by atoms with Crippen molar-refractivity contribution in [2.24, 2.45) is 0 Å². The number of aromatic nitrogens is 1. The number of amides is 1. The predicted octanol–water partition coefficient (Wildman–Crippen LogP) is 6.29. The van der Waals surface area contributed by atoms with Crippen LogP contribution in [-0.2, 0) is 19.4 Å². The van der Waals surface area contributed by atoms with Gasteiger partial charge in [-0.3, -0.25) is 24.6 Å². The summed E-state index contributed by atoms with van der Waals surface area (Å²) in [5, 5.41) is 22.6. The van der Waals surface area contributed by atoms with Crippen LogP contribution in [0.15, 0.2) is 93.7 Å². The van der Waals surface area contributed by atoms with Gasteiger partial charge in [0.15, 0.2) is 5.13 Å². The first-order valence-corrected chi connectivity index (χ1v) is 15.2. The molecule has 0 aliphatic carbocycles. The maximum Gasteiger partial charge on any atom is 0.301 e. The summed E-state index contributed by atoms with van der Waals surface area (Å²) in [6.07, 6.45) is 1.06. The molecule has 1 atom stereocenters. The van der Waals surface area contributed by atoms with Crippen molar-refractivity contribution in [2.45, 2.75) is 34.9 Å². The number of carbonyl (C=O) groups excluding carboxylic acids is 2. The molecule has 4 aromatic rings. The topological polar surface area (TPSA) is 148 Å².